The molecule has 0 aliphatic rings. The summed E-state index contributed by atoms with van der Waals surface area (Å²) in [5.41, 5.74) is 6.29. The van der Waals surface area contributed by atoms with Crippen molar-refractivity contribution in [2.75, 3.05) is 0 Å². The second-order valence-electron chi connectivity index (χ2n) is 7.59. The number of fused-ring (bicyclic) bond motifs is 1. The Labute approximate surface area is 186 Å². The van der Waals surface area contributed by atoms with E-state index in [-0.39, 0.29) is 12.0 Å². The molecule has 1 N–H and O–H groups in total. The molecule has 162 valence electrons. The number of ether oxygens (including phenoxy) is 1. The van der Waals surface area contributed by atoms with Crippen LogP contribution in [-0.4, -0.2) is 33.0 Å². The fourth-order valence-electron chi connectivity index (χ4n) is 3.33. The van der Waals surface area contributed by atoms with Crippen molar-refractivity contribution in [2.24, 2.45) is 5.10 Å². The van der Waals surface area contributed by atoms with Crippen LogP contribution in [0.5, 0.6) is 5.75 Å². The quantitative estimate of drug-likeness (QED) is 0.343. The molecule has 0 aliphatic heterocycles. The van der Waals surface area contributed by atoms with Crippen molar-refractivity contribution in [1.29, 1.82) is 0 Å². The highest BCUT2D eigenvalue weighted by Crippen LogP contribution is 2.26. The highest BCUT2D eigenvalue weighted by molar-refractivity contribution is 6.07. The normalized spacial score (nSPS) is 11.4. The van der Waals surface area contributed by atoms with Gasteiger partial charge >= 0.3 is 0 Å². The maximum atomic E-state index is 13.0. The molecule has 2 heterocycles. The summed E-state index contributed by atoms with van der Waals surface area (Å²) in [5.74, 6) is 0.493. The van der Waals surface area contributed by atoms with Crippen LogP contribution in [0.2, 0.25) is 0 Å². The molecule has 2 aromatic carbocycles. The van der Waals surface area contributed by atoms with Crippen molar-refractivity contribution in [1.82, 2.24) is 20.2 Å². The van der Waals surface area contributed by atoms with Gasteiger partial charge in [-0.1, -0.05) is 18.2 Å². The van der Waals surface area contributed by atoms with Gasteiger partial charge in [-0.2, -0.15) is 10.2 Å². The Morgan fingerprint density at radius 2 is 1.97 bits per heavy atom. The van der Waals surface area contributed by atoms with Gasteiger partial charge in [-0.15, -0.1) is 0 Å². The van der Waals surface area contributed by atoms with Crippen LogP contribution in [0.4, 0.5) is 0 Å². The minimum Gasteiger partial charge on any atom is -0.491 e. The van der Waals surface area contributed by atoms with Gasteiger partial charge in [-0.05, 0) is 57.2 Å². The summed E-state index contributed by atoms with van der Waals surface area (Å²) >= 11 is 0. The van der Waals surface area contributed by atoms with Crippen molar-refractivity contribution in [3.05, 3.63) is 78.1 Å². The number of amides is 1. The van der Waals surface area contributed by atoms with E-state index in [1.165, 1.54) is 0 Å². The van der Waals surface area contributed by atoms with E-state index in [0.29, 0.717) is 11.3 Å². The van der Waals surface area contributed by atoms with E-state index in [4.69, 9.17) is 9.72 Å². The summed E-state index contributed by atoms with van der Waals surface area (Å²) < 4.78 is 7.52. The zero-order chi connectivity index (χ0) is 22.5. The summed E-state index contributed by atoms with van der Waals surface area (Å²) in [6.07, 6.45) is 5.25. The topological polar surface area (TPSA) is 81.4 Å². The van der Waals surface area contributed by atoms with Crippen molar-refractivity contribution in [3.63, 3.8) is 0 Å². The van der Waals surface area contributed by atoms with Crippen LogP contribution in [0.25, 0.3) is 22.2 Å². The number of nitrogens with zero attached hydrogens (tertiary/aromatic N) is 4. The molecule has 0 bridgehead atoms. The molecule has 32 heavy (non-hydrogen) atoms. The lowest BCUT2D eigenvalue weighted by Gasteiger charge is -2.11. The average molecular weight is 428 g/mol. The average Bonchev–Trinajstić information content (AvgIpc) is 3.26. The Bertz CT molecular complexity index is 1260. The van der Waals surface area contributed by atoms with Crippen LogP contribution in [0.3, 0.4) is 0 Å². The highest BCUT2D eigenvalue weighted by Gasteiger charge is 2.14. The summed E-state index contributed by atoms with van der Waals surface area (Å²) in [6.45, 7) is 6.76. The number of para-hydroxylation sites is 1. The number of hydrogen-bond donors (Lipinski definition) is 1. The third-order valence-corrected chi connectivity index (χ3v) is 4.84. The third kappa shape index (κ3) is 4.83. The maximum Gasteiger partial charge on any atom is 0.272 e. The minimum atomic E-state index is -0.302. The lowest BCUT2D eigenvalue weighted by Crippen LogP contribution is -2.18. The van der Waals surface area contributed by atoms with E-state index in [9.17, 15) is 4.79 Å². The second kappa shape index (κ2) is 9.43. The molecule has 0 radical (unpaired) electrons. The van der Waals surface area contributed by atoms with E-state index in [1.54, 1.807) is 23.2 Å². The SMILES string of the molecule is CCn1cc(/C=N\NC(=O)c2cc(-c3ccc(OC(C)C)cc3)nc3ccccc23)cn1. The number of aromatic nitrogens is 3. The molecule has 7 heteroatoms. The number of pyridine rings is 1. The molecule has 0 unspecified atom stereocenters. The van der Waals surface area contributed by atoms with Crippen LogP contribution in [0.1, 0.15) is 36.7 Å². The van der Waals surface area contributed by atoms with Gasteiger partial charge in [-0.25, -0.2) is 10.4 Å². The van der Waals surface area contributed by atoms with Crippen molar-refractivity contribution >= 4 is 23.0 Å². The first-order chi connectivity index (χ1) is 15.5. The molecule has 1 amide bonds. The standard InChI is InChI=1S/C25H25N5O2/c1-4-30-16-18(15-27-30)14-26-29-25(31)22-13-24(28-23-8-6-5-7-21(22)23)19-9-11-20(12-10-19)32-17(2)3/h5-17H,4H2,1-3H3,(H,29,31)/b26-14-. The molecule has 0 saturated heterocycles. The number of carbonyl (C=O) groups excluding carboxylic acids is 1. The molecule has 4 rings (SSSR count). The molecular formula is C25H25N5O2. The first-order valence-electron chi connectivity index (χ1n) is 10.6. The van der Waals surface area contributed by atoms with Gasteiger partial charge in [0.05, 0.1) is 35.3 Å². The fourth-order valence-corrected chi connectivity index (χ4v) is 3.33. The van der Waals surface area contributed by atoms with Crippen LogP contribution in [-0.2, 0) is 6.54 Å². The summed E-state index contributed by atoms with van der Waals surface area (Å²) in [4.78, 5) is 17.7. The molecule has 4 aromatic rings. The van der Waals surface area contributed by atoms with Crippen LogP contribution < -0.4 is 10.2 Å². The van der Waals surface area contributed by atoms with E-state index >= 15 is 0 Å². The molecule has 7 nitrogen and oxygen atoms in total. The Morgan fingerprint density at radius 3 is 2.69 bits per heavy atom. The van der Waals surface area contributed by atoms with Gasteiger partial charge in [0.25, 0.3) is 5.91 Å². The van der Waals surface area contributed by atoms with Gasteiger partial charge in [0.15, 0.2) is 0 Å². The first-order valence-corrected chi connectivity index (χ1v) is 10.6. The monoisotopic (exact) mass is 427 g/mol. The van der Waals surface area contributed by atoms with Crippen molar-refractivity contribution in [3.8, 4) is 17.0 Å². The zero-order valence-corrected chi connectivity index (χ0v) is 18.3. The maximum absolute atomic E-state index is 13.0. The zero-order valence-electron chi connectivity index (χ0n) is 18.3. The van der Waals surface area contributed by atoms with Gasteiger partial charge in [0.2, 0.25) is 0 Å². The summed E-state index contributed by atoms with van der Waals surface area (Å²) in [5, 5.41) is 9.06. The first kappa shape index (κ1) is 21.2. The largest absolute Gasteiger partial charge is 0.491 e. The number of carbonyl (C=O) groups is 1. The second-order valence-corrected chi connectivity index (χ2v) is 7.59. The van der Waals surface area contributed by atoms with E-state index in [0.717, 1.165) is 34.3 Å². The molecular weight excluding hydrogens is 402 g/mol. The Hall–Kier alpha value is -4.00. The Balaban J connectivity index is 1.62. The lowest BCUT2D eigenvalue weighted by atomic mass is 10.0. The predicted octanol–water partition coefficient (Wildman–Crippen LogP) is 4.67. The molecule has 2 aromatic heterocycles. The third-order valence-electron chi connectivity index (χ3n) is 4.84. The fraction of sp³-hybridized carbons (Fsp3) is 0.200. The number of hydrazone groups is 1. The highest BCUT2D eigenvalue weighted by atomic mass is 16.5. The number of nitrogens with one attached hydrogen (secondary N) is 1. The van der Waals surface area contributed by atoms with Gasteiger partial charge in [-0.3, -0.25) is 9.48 Å². The van der Waals surface area contributed by atoms with Crippen LogP contribution in [0, 0.1) is 0 Å². The molecule has 0 saturated carbocycles. The lowest BCUT2D eigenvalue weighted by molar-refractivity contribution is 0.0956. The van der Waals surface area contributed by atoms with Gasteiger partial charge < -0.3 is 4.74 Å². The number of rotatable bonds is 7. The molecule has 0 fully saturated rings. The number of aryl methyl sites for hydroxylation is 1. The minimum absolute atomic E-state index is 0.104. The smallest absolute Gasteiger partial charge is 0.272 e. The Kier molecular flexibility index (Phi) is 6.26. The Morgan fingerprint density at radius 1 is 1.19 bits per heavy atom. The van der Waals surface area contributed by atoms with Gasteiger partial charge in [0, 0.05) is 29.3 Å². The van der Waals surface area contributed by atoms with E-state index in [2.05, 4.69) is 15.6 Å². The van der Waals surface area contributed by atoms with E-state index < -0.39 is 0 Å². The molecule has 0 atom stereocenters. The van der Waals surface area contributed by atoms with E-state index in [1.807, 2.05) is 75.5 Å². The molecule has 0 aliphatic carbocycles. The predicted molar refractivity (Wildman–Crippen MR) is 126 cm³/mol. The molecule has 0 spiro atoms. The number of hydrogen-bond acceptors (Lipinski definition) is 5. The van der Waals surface area contributed by atoms with Crippen LogP contribution in [0.15, 0.2) is 72.1 Å². The van der Waals surface area contributed by atoms with Crippen molar-refractivity contribution < 1.29 is 9.53 Å². The van der Waals surface area contributed by atoms with Gasteiger partial charge in [0.1, 0.15) is 5.75 Å². The van der Waals surface area contributed by atoms with Crippen molar-refractivity contribution in [2.45, 2.75) is 33.4 Å². The number of benzene rings is 2. The van der Waals surface area contributed by atoms with Crippen LogP contribution >= 0.6 is 0 Å². The summed E-state index contributed by atoms with van der Waals surface area (Å²) in [6, 6.07) is 17.1. The summed E-state index contributed by atoms with van der Waals surface area (Å²) in [7, 11) is 0.